The molecular formula is C10H15N5O2S. The van der Waals surface area contributed by atoms with E-state index in [-0.39, 0.29) is 11.5 Å². The van der Waals surface area contributed by atoms with Gasteiger partial charge in [0.05, 0.1) is 11.5 Å². The average molecular weight is 269 g/mol. The van der Waals surface area contributed by atoms with Crippen molar-refractivity contribution in [2.45, 2.75) is 12.8 Å². The highest BCUT2D eigenvalue weighted by atomic mass is 32.1. The number of carbonyl (C=O) groups excluding carboxylic acids is 2. The molecule has 1 rings (SSSR count). The van der Waals surface area contributed by atoms with Crippen molar-refractivity contribution < 1.29 is 9.59 Å². The van der Waals surface area contributed by atoms with Crippen molar-refractivity contribution in [3.63, 3.8) is 0 Å². The third-order valence-corrected chi connectivity index (χ3v) is 2.20. The number of rotatable bonds is 6. The monoisotopic (exact) mass is 269 g/mol. The molecule has 0 unspecified atom stereocenters. The Morgan fingerprint density at radius 1 is 1.39 bits per heavy atom. The first-order chi connectivity index (χ1) is 8.59. The first-order valence-corrected chi connectivity index (χ1v) is 5.83. The molecular weight excluding hydrogens is 254 g/mol. The van der Waals surface area contributed by atoms with Gasteiger partial charge in [-0.2, -0.15) is 0 Å². The van der Waals surface area contributed by atoms with Gasteiger partial charge in [0.25, 0.3) is 0 Å². The van der Waals surface area contributed by atoms with Gasteiger partial charge in [-0.3, -0.25) is 9.59 Å². The van der Waals surface area contributed by atoms with Gasteiger partial charge in [-0.15, -0.1) is 0 Å². The Balaban J connectivity index is 2.12. The lowest BCUT2D eigenvalue weighted by Gasteiger charge is -2.05. The molecule has 18 heavy (non-hydrogen) atoms. The maximum absolute atomic E-state index is 11.3. The molecule has 0 bridgehead atoms. The Morgan fingerprint density at radius 2 is 2.11 bits per heavy atom. The van der Waals surface area contributed by atoms with Crippen LogP contribution in [0.4, 0.5) is 0 Å². The number of H-pyrrole nitrogens is 1. The van der Waals surface area contributed by atoms with E-state index in [9.17, 15) is 9.59 Å². The second kappa shape index (κ2) is 7.38. The van der Waals surface area contributed by atoms with Gasteiger partial charge in [0, 0.05) is 25.4 Å². The molecule has 0 saturated heterocycles. The molecule has 1 aromatic rings. The van der Waals surface area contributed by atoms with E-state index in [2.05, 4.69) is 32.8 Å². The summed E-state index contributed by atoms with van der Waals surface area (Å²) in [5, 5.41) is 4.79. The van der Waals surface area contributed by atoms with Crippen LogP contribution in [0.5, 0.6) is 0 Å². The van der Waals surface area contributed by atoms with Crippen LogP contribution in [-0.2, 0) is 16.0 Å². The number of carbonyl (C=O) groups is 2. The van der Waals surface area contributed by atoms with Crippen molar-refractivity contribution >= 4 is 29.0 Å². The summed E-state index contributed by atoms with van der Waals surface area (Å²) in [6.07, 6.45) is 4.80. The lowest BCUT2D eigenvalue weighted by atomic mass is 10.3. The van der Waals surface area contributed by atoms with E-state index in [1.165, 1.54) is 0 Å². The highest BCUT2D eigenvalue weighted by Crippen LogP contribution is 1.93. The fraction of sp³-hybridized carbons (Fsp3) is 0.400. The molecule has 0 aromatic carbocycles. The van der Waals surface area contributed by atoms with Crippen LogP contribution < -0.4 is 16.4 Å². The molecule has 0 saturated carbocycles. The number of nitrogens with one attached hydrogen (secondary N) is 3. The van der Waals surface area contributed by atoms with Crippen molar-refractivity contribution in [3.8, 4) is 0 Å². The van der Waals surface area contributed by atoms with Gasteiger partial charge < -0.3 is 21.4 Å². The SMILES string of the molecule is NC(=S)CNC(=O)C(=O)NCCCc1ncc[nH]1. The van der Waals surface area contributed by atoms with Crippen LogP contribution in [0.15, 0.2) is 12.4 Å². The largest absolute Gasteiger partial charge is 0.392 e. The standard InChI is InChI=1S/C10H15N5O2S/c11-7(18)6-15-10(17)9(16)14-3-1-2-8-12-4-5-13-8/h4-5H,1-3,6H2,(H2,11,18)(H,12,13)(H,14,16)(H,15,17). The zero-order valence-corrected chi connectivity index (χ0v) is 10.5. The first kappa shape index (κ1) is 14.1. The summed E-state index contributed by atoms with van der Waals surface area (Å²) in [6.45, 7) is 0.425. The number of aromatic nitrogens is 2. The van der Waals surface area contributed by atoms with Crippen molar-refractivity contribution in [1.29, 1.82) is 0 Å². The molecule has 0 aliphatic heterocycles. The van der Waals surface area contributed by atoms with Gasteiger partial charge in [-0.25, -0.2) is 4.98 Å². The lowest BCUT2D eigenvalue weighted by molar-refractivity contribution is -0.139. The molecule has 1 heterocycles. The molecule has 0 atom stereocenters. The molecule has 0 aliphatic carbocycles. The molecule has 0 fully saturated rings. The topological polar surface area (TPSA) is 113 Å². The average Bonchev–Trinajstić information content (AvgIpc) is 2.84. The van der Waals surface area contributed by atoms with Crippen molar-refractivity contribution in [2.24, 2.45) is 5.73 Å². The number of amides is 2. The molecule has 5 N–H and O–H groups in total. The zero-order valence-electron chi connectivity index (χ0n) is 9.73. The van der Waals surface area contributed by atoms with Gasteiger partial charge in [0.1, 0.15) is 5.82 Å². The summed E-state index contributed by atoms with van der Waals surface area (Å²) in [4.78, 5) is 29.6. The quantitative estimate of drug-likeness (QED) is 0.296. The smallest absolute Gasteiger partial charge is 0.309 e. The van der Waals surface area contributed by atoms with Crippen LogP contribution in [0.2, 0.25) is 0 Å². The Kier molecular flexibility index (Phi) is 5.78. The van der Waals surface area contributed by atoms with E-state index in [4.69, 9.17) is 5.73 Å². The van der Waals surface area contributed by atoms with Crippen LogP contribution >= 0.6 is 12.2 Å². The molecule has 8 heteroatoms. The predicted molar refractivity (Wildman–Crippen MR) is 69.7 cm³/mol. The predicted octanol–water partition coefficient (Wildman–Crippen LogP) is -1.14. The molecule has 0 radical (unpaired) electrons. The van der Waals surface area contributed by atoms with E-state index in [0.717, 1.165) is 5.82 Å². The highest BCUT2D eigenvalue weighted by Gasteiger charge is 2.11. The number of hydrogen-bond donors (Lipinski definition) is 4. The van der Waals surface area contributed by atoms with E-state index >= 15 is 0 Å². The molecule has 0 aliphatic rings. The summed E-state index contributed by atoms with van der Waals surface area (Å²) in [5.74, 6) is -0.575. The van der Waals surface area contributed by atoms with Gasteiger partial charge in [-0.1, -0.05) is 12.2 Å². The zero-order chi connectivity index (χ0) is 13.4. The fourth-order valence-corrected chi connectivity index (χ4v) is 1.29. The number of imidazole rings is 1. The minimum atomic E-state index is -0.735. The maximum Gasteiger partial charge on any atom is 0.309 e. The number of hydrogen-bond acceptors (Lipinski definition) is 4. The number of thiocarbonyl (C=S) groups is 1. The third-order valence-electron chi connectivity index (χ3n) is 2.06. The molecule has 2 amide bonds. The van der Waals surface area contributed by atoms with Crippen LogP contribution in [0, 0.1) is 0 Å². The Hall–Kier alpha value is -1.96. The number of nitrogens with two attached hydrogens (primary N) is 1. The second-order valence-corrected chi connectivity index (χ2v) is 4.07. The highest BCUT2D eigenvalue weighted by molar-refractivity contribution is 7.80. The van der Waals surface area contributed by atoms with E-state index in [1.54, 1.807) is 12.4 Å². The van der Waals surface area contributed by atoms with Crippen molar-refractivity contribution in [2.75, 3.05) is 13.1 Å². The van der Waals surface area contributed by atoms with Crippen molar-refractivity contribution in [1.82, 2.24) is 20.6 Å². The van der Waals surface area contributed by atoms with Gasteiger partial charge >= 0.3 is 11.8 Å². The Labute approximate surface area is 110 Å². The molecule has 1 aromatic heterocycles. The molecule has 98 valence electrons. The third kappa shape index (κ3) is 5.39. The molecule has 7 nitrogen and oxygen atoms in total. The van der Waals surface area contributed by atoms with Crippen LogP contribution in [0.25, 0.3) is 0 Å². The van der Waals surface area contributed by atoms with E-state index in [0.29, 0.717) is 19.4 Å². The van der Waals surface area contributed by atoms with Gasteiger partial charge in [-0.05, 0) is 6.42 Å². The number of aromatic amines is 1. The number of aryl methyl sites for hydroxylation is 1. The fourth-order valence-electron chi connectivity index (χ4n) is 1.22. The van der Waals surface area contributed by atoms with E-state index < -0.39 is 11.8 Å². The first-order valence-electron chi connectivity index (χ1n) is 5.42. The van der Waals surface area contributed by atoms with Crippen LogP contribution in [0.3, 0.4) is 0 Å². The maximum atomic E-state index is 11.3. The molecule has 0 spiro atoms. The second-order valence-electron chi connectivity index (χ2n) is 3.54. The summed E-state index contributed by atoms with van der Waals surface area (Å²) in [6, 6.07) is 0. The Morgan fingerprint density at radius 3 is 2.72 bits per heavy atom. The van der Waals surface area contributed by atoms with Crippen LogP contribution in [0.1, 0.15) is 12.2 Å². The Bertz CT molecular complexity index is 418. The summed E-state index contributed by atoms with van der Waals surface area (Å²) in [5.41, 5.74) is 5.19. The minimum Gasteiger partial charge on any atom is -0.392 e. The normalized spacial score (nSPS) is 9.78. The van der Waals surface area contributed by atoms with Gasteiger partial charge in [0.2, 0.25) is 0 Å². The summed E-state index contributed by atoms with van der Waals surface area (Å²) < 4.78 is 0. The summed E-state index contributed by atoms with van der Waals surface area (Å²) in [7, 11) is 0. The van der Waals surface area contributed by atoms with Gasteiger partial charge in [0.15, 0.2) is 0 Å². The van der Waals surface area contributed by atoms with E-state index in [1.807, 2.05) is 0 Å². The number of nitrogens with zero attached hydrogens (tertiary/aromatic N) is 1. The minimum absolute atomic E-state index is 0.0218. The summed E-state index contributed by atoms with van der Waals surface area (Å²) >= 11 is 4.57. The van der Waals surface area contributed by atoms with Crippen LogP contribution in [-0.4, -0.2) is 39.9 Å². The lowest BCUT2D eigenvalue weighted by Crippen LogP contribution is -2.43. The van der Waals surface area contributed by atoms with Crippen molar-refractivity contribution in [3.05, 3.63) is 18.2 Å².